The van der Waals surface area contributed by atoms with Crippen molar-refractivity contribution in [3.8, 4) is 12.3 Å². The number of nitrogens with zero attached hydrogens (tertiary/aromatic N) is 1. The second kappa shape index (κ2) is 6.86. The Bertz CT molecular complexity index is 422. The van der Waals surface area contributed by atoms with Crippen LogP contribution in [0.4, 0.5) is 0 Å². The van der Waals surface area contributed by atoms with E-state index in [9.17, 15) is 4.79 Å². The van der Waals surface area contributed by atoms with E-state index in [2.05, 4.69) is 15.6 Å². The summed E-state index contributed by atoms with van der Waals surface area (Å²) >= 11 is 5.85. The van der Waals surface area contributed by atoms with Crippen LogP contribution in [0.1, 0.15) is 35.6 Å². The molecule has 0 atom stereocenters. The fourth-order valence-electron chi connectivity index (χ4n) is 0.994. The number of terminal acetylenes is 1. The average molecular weight is 240 g/mol. The lowest BCUT2D eigenvalue weighted by Gasteiger charge is -2.04. The van der Waals surface area contributed by atoms with Crippen LogP contribution in [0, 0.1) is 19.3 Å². The van der Waals surface area contributed by atoms with Crippen LogP contribution in [0.25, 0.3) is 0 Å². The molecule has 3 nitrogen and oxygen atoms in total. The molecule has 0 N–H and O–H groups in total. The highest BCUT2D eigenvalue weighted by atomic mass is 35.5. The quantitative estimate of drug-likeness (QED) is 0.559. The van der Waals surface area contributed by atoms with Gasteiger partial charge in [-0.05, 0) is 13.0 Å². The van der Waals surface area contributed by atoms with Gasteiger partial charge in [-0.2, -0.15) is 0 Å². The van der Waals surface area contributed by atoms with E-state index in [1.165, 1.54) is 7.11 Å². The third-order valence-electron chi connectivity index (χ3n) is 1.62. The Labute approximate surface area is 101 Å². The summed E-state index contributed by atoms with van der Waals surface area (Å²) in [6, 6.07) is 1.63. The van der Waals surface area contributed by atoms with Crippen molar-refractivity contribution < 1.29 is 9.53 Å². The van der Waals surface area contributed by atoms with Gasteiger partial charge in [-0.15, -0.1) is 6.42 Å². The van der Waals surface area contributed by atoms with Crippen LogP contribution in [0.5, 0.6) is 0 Å². The summed E-state index contributed by atoms with van der Waals surface area (Å²) in [6.07, 6.45) is 5.22. The number of hydrogen-bond donors (Lipinski definition) is 0. The maximum atomic E-state index is 11.2. The highest BCUT2D eigenvalue weighted by Gasteiger charge is 2.15. The maximum absolute atomic E-state index is 11.2. The van der Waals surface area contributed by atoms with Crippen molar-refractivity contribution in [1.29, 1.82) is 0 Å². The van der Waals surface area contributed by atoms with Gasteiger partial charge >= 0.3 is 5.97 Å². The van der Waals surface area contributed by atoms with Crippen LogP contribution in [0.2, 0.25) is 5.02 Å². The second-order valence-corrected chi connectivity index (χ2v) is 2.99. The highest BCUT2D eigenvalue weighted by molar-refractivity contribution is 6.34. The molecule has 0 aliphatic rings. The van der Waals surface area contributed by atoms with Crippen molar-refractivity contribution in [3.05, 3.63) is 28.0 Å². The first-order valence-electron chi connectivity index (χ1n) is 4.82. The summed E-state index contributed by atoms with van der Waals surface area (Å²) in [5.74, 6) is 1.79. The lowest BCUT2D eigenvalue weighted by atomic mass is 10.2. The number of aryl methyl sites for hydroxylation is 1. The number of ether oxygens (including phenoxy) is 1. The summed E-state index contributed by atoms with van der Waals surface area (Å²) in [4.78, 5) is 15.2. The number of esters is 1. The molecule has 16 heavy (non-hydrogen) atoms. The van der Waals surface area contributed by atoms with Gasteiger partial charge in [0.1, 0.15) is 0 Å². The first-order chi connectivity index (χ1) is 7.60. The molecule has 0 saturated heterocycles. The van der Waals surface area contributed by atoms with Gasteiger partial charge in [-0.3, -0.25) is 0 Å². The minimum atomic E-state index is -0.588. The SMILES string of the molecule is C#Cc1cc(C)nc(C(=O)OC)c1Cl.CC. The van der Waals surface area contributed by atoms with Gasteiger partial charge in [0.15, 0.2) is 5.69 Å². The smallest absolute Gasteiger partial charge is 0.358 e. The molecule has 1 rings (SSSR count). The molecule has 4 heteroatoms. The fourth-order valence-corrected chi connectivity index (χ4v) is 1.22. The lowest BCUT2D eigenvalue weighted by molar-refractivity contribution is 0.0594. The number of methoxy groups -OCH3 is 1. The van der Waals surface area contributed by atoms with Crippen LogP contribution in [-0.4, -0.2) is 18.1 Å². The van der Waals surface area contributed by atoms with Gasteiger partial charge in [-0.1, -0.05) is 31.4 Å². The van der Waals surface area contributed by atoms with Crippen molar-refractivity contribution in [2.24, 2.45) is 0 Å². The molecule has 1 aromatic rings. The van der Waals surface area contributed by atoms with Crippen molar-refractivity contribution in [3.63, 3.8) is 0 Å². The molecule has 0 saturated carbocycles. The average Bonchev–Trinajstić information content (AvgIpc) is 2.33. The minimum absolute atomic E-state index is 0.0575. The molecule has 0 amide bonds. The largest absolute Gasteiger partial charge is 0.464 e. The summed E-state index contributed by atoms with van der Waals surface area (Å²) in [7, 11) is 1.26. The number of carbonyl (C=O) groups excluding carboxylic acids is 1. The number of aromatic nitrogens is 1. The topological polar surface area (TPSA) is 39.2 Å². The first kappa shape index (κ1) is 14.5. The van der Waals surface area contributed by atoms with Crippen LogP contribution in [-0.2, 0) is 4.74 Å². The van der Waals surface area contributed by atoms with Crippen molar-refractivity contribution in [2.45, 2.75) is 20.8 Å². The third-order valence-corrected chi connectivity index (χ3v) is 2.00. The molecule has 1 heterocycles. The van der Waals surface area contributed by atoms with Crippen molar-refractivity contribution in [2.75, 3.05) is 7.11 Å². The predicted molar refractivity (Wildman–Crippen MR) is 64.6 cm³/mol. The van der Waals surface area contributed by atoms with Gasteiger partial charge in [-0.25, -0.2) is 9.78 Å². The Morgan fingerprint density at radius 3 is 2.56 bits per heavy atom. The summed E-state index contributed by atoms with van der Waals surface area (Å²) in [5.41, 5.74) is 1.13. The maximum Gasteiger partial charge on any atom is 0.358 e. The van der Waals surface area contributed by atoms with Gasteiger partial charge < -0.3 is 4.74 Å². The lowest BCUT2D eigenvalue weighted by Crippen LogP contribution is -2.07. The molecule has 86 valence electrons. The van der Waals surface area contributed by atoms with Gasteiger partial charge in [0, 0.05) is 11.3 Å². The van der Waals surface area contributed by atoms with E-state index in [-0.39, 0.29) is 10.7 Å². The Hall–Kier alpha value is -1.53. The summed E-state index contributed by atoms with van der Waals surface area (Å²) < 4.78 is 4.52. The monoisotopic (exact) mass is 239 g/mol. The number of pyridine rings is 1. The van der Waals surface area contributed by atoms with E-state index in [0.717, 1.165) is 0 Å². The van der Waals surface area contributed by atoms with Gasteiger partial charge in [0.25, 0.3) is 0 Å². The molecule has 0 unspecified atom stereocenters. The molecule has 0 bridgehead atoms. The van der Waals surface area contributed by atoms with Gasteiger partial charge in [0.05, 0.1) is 12.1 Å². The number of carbonyl (C=O) groups is 1. The standard InChI is InChI=1S/C10H8ClNO2.C2H6/c1-4-7-5-6(2)12-9(8(7)11)10(13)14-3;1-2/h1,5H,2-3H3;1-2H3. The molecule has 0 fully saturated rings. The molecule has 0 spiro atoms. The highest BCUT2D eigenvalue weighted by Crippen LogP contribution is 2.20. The zero-order valence-electron chi connectivity index (χ0n) is 9.80. The van der Waals surface area contributed by atoms with E-state index in [1.54, 1.807) is 13.0 Å². The molecule has 1 aromatic heterocycles. The van der Waals surface area contributed by atoms with E-state index < -0.39 is 5.97 Å². The fraction of sp³-hybridized carbons (Fsp3) is 0.333. The normalized spacial score (nSPS) is 8.50. The molecular weight excluding hydrogens is 226 g/mol. The summed E-state index contributed by atoms with van der Waals surface area (Å²) in [5, 5.41) is 0.157. The molecule has 0 aliphatic carbocycles. The van der Waals surface area contributed by atoms with Crippen LogP contribution < -0.4 is 0 Å². The van der Waals surface area contributed by atoms with E-state index in [1.807, 2.05) is 13.8 Å². The molecular formula is C12H14ClNO2. The molecule has 0 aromatic carbocycles. The third kappa shape index (κ3) is 3.25. The van der Waals surface area contributed by atoms with Gasteiger partial charge in [0.2, 0.25) is 0 Å². The number of halogens is 1. The Balaban J connectivity index is 0.00000106. The minimum Gasteiger partial charge on any atom is -0.464 e. The van der Waals surface area contributed by atoms with Crippen LogP contribution in [0.3, 0.4) is 0 Å². The zero-order valence-corrected chi connectivity index (χ0v) is 10.6. The predicted octanol–water partition coefficient (Wildman–Crippen LogP) is 2.84. The Morgan fingerprint density at radius 2 is 2.12 bits per heavy atom. The first-order valence-corrected chi connectivity index (χ1v) is 5.20. The van der Waals surface area contributed by atoms with E-state index in [0.29, 0.717) is 11.3 Å². The molecule has 0 radical (unpaired) electrons. The van der Waals surface area contributed by atoms with Crippen molar-refractivity contribution in [1.82, 2.24) is 4.98 Å². The van der Waals surface area contributed by atoms with E-state index in [4.69, 9.17) is 18.0 Å². The van der Waals surface area contributed by atoms with Crippen LogP contribution in [0.15, 0.2) is 6.07 Å². The Morgan fingerprint density at radius 1 is 1.56 bits per heavy atom. The second-order valence-electron chi connectivity index (χ2n) is 2.61. The summed E-state index contributed by atoms with van der Waals surface area (Å²) in [6.45, 7) is 5.73. The van der Waals surface area contributed by atoms with E-state index >= 15 is 0 Å². The van der Waals surface area contributed by atoms with Crippen LogP contribution >= 0.6 is 11.6 Å². The molecule has 0 aliphatic heterocycles. The number of rotatable bonds is 1. The number of hydrogen-bond acceptors (Lipinski definition) is 3. The Kier molecular flexibility index (Phi) is 6.21. The van der Waals surface area contributed by atoms with Crippen molar-refractivity contribution >= 4 is 17.6 Å². The zero-order chi connectivity index (χ0) is 12.7.